The van der Waals surface area contributed by atoms with Crippen LogP contribution < -0.4 is 0 Å². The van der Waals surface area contributed by atoms with Gasteiger partial charge in [0.15, 0.2) is 23.8 Å². The van der Waals surface area contributed by atoms with Gasteiger partial charge in [0, 0.05) is 47.0 Å². The average molecular weight is 705 g/mol. The molecule has 2 heterocycles. The number of methoxy groups -OCH3 is 1. The Morgan fingerprint density at radius 3 is 1.84 bits per heavy atom. The van der Waals surface area contributed by atoms with Gasteiger partial charge >= 0.3 is 17.9 Å². The summed E-state index contributed by atoms with van der Waals surface area (Å²) in [5, 5.41) is -0.130. The third-order valence-corrected chi connectivity index (χ3v) is 8.61. The average Bonchev–Trinajstić information content (AvgIpc) is 3.06. The Morgan fingerprint density at radius 1 is 0.714 bits per heavy atom. The molecule has 0 spiro atoms. The fourth-order valence-electron chi connectivity index (χ4n) is 5.62. The molecule has 2 aliphatic heterocycles. The second kappa shape index (κ2) is 19.1. The van der Waals surface area contributed by atoms with Crippen LogP contribution in [0.15, 0.2) is 60.7 Å². The molecular weight excluding hydrogens is 660 g/mol. The maximum absolute atomic E-state index is 12.2. The molecule has 9 atom stereocenters. The number of carbonyl (C=O) groups is 4. The van der Waals surface area contributed by atoms with Crippen molar-refractivity contribution in [1.82, 2.24) is 0 Å². The smallest absolute Gasteiger partial charge is 0.303 e. The summed E-state index contributed by atoms with van der Waals surface area (Å²) < 4.78 is 54.3. The summed E-state index contributed by atoms with van der Waals surface area (Å²) in [6, 6.07) is 19.1. The molecule has 2 aromatic carbocycles. The van der Waals surface area contributed by atoms with Crippen molar-refractivity contribution in [1.29, 1.82) is 0 Å². The number of rotatable bonds is 15. The molecule has 0 aromatic heterocycles. The molecule has 2 aliphatic rings. The first-order chi connectivity index (χ1) is 23.5. The summed E-state index contributed by atoms with van der Waals surface area (Å²) in [4.78, 5) is 48.0. The Labute approximate surface area is 290 Å². The Morgan fingerprint density at radius 2 is 1.31 bits per heavy atom. The second-order valence-corrected chi connectivity index (χ2v) is 12.8. The summed E-state index contributed by atoms with van der Waals surface area (Å²) in [5.41, 5.74) is 1.81. The van der Waals surface area contributed by atoms with Crippen LogP contribution in [0.2, 0.25) is 0 Å². The van der Waals surface area contributed by atoms with Gasteiger partial charge in [0.2, 0.25) is 0 Å². The molecule has 14 heteroatoms. The predicted octanol–water partition coefficient (Wildman–Crippen LogP) is 3.73. The highest BCUT2D eigenvalue weighted by atomic mass is 32.2. The monoisotopic (exact) mass is 704 g/mol. The molecular formula is C35H44O13S. The van der Waals surface area contributed by atoms with E-state index in [1.54, 1.807) is 0 Å². The van der Waals surface area contributed by atoms with E-state index < -0.39 is 73.2 Å². The van der Waals surface area contributed by atoms with Gasteiger partial charge in [-0.1, -0.05) is 72.4 Å². The van der Waals surface area contributed by atoms with E-state index in [9.17, 15) is 19.2 Å². The van der Waals surface area contributed by atoms with Gasteiger partial charge in [0.25, 0.3) is 0 Å². The van der Waals surface area contributed by atoms with Crippen LogP contribution >= 0.6 is 11.8 Å². The summed E-state index contributed by atoms with van der Waals surface area (Å²) in [5.74, 6) is -1.66. The fourth-order valence-corrected chi connectivity index (χ4v) is 6.29. The maximum Gasteiger partial charge on any atom is 0.303 e. The molecule has 0 N–H and O–H groups in total. The fraction of sp³-hybridized carbons (Fsp3) is 0.543. The first kappa shape index (κ1) is 38.4. The first-order valence-electron chi connectivity index (χ1n) is 16.0. The van der Waals surface area contributed by atoms with E-state index >= 15 is 0 Å². The van der Waals surface area contributed by atoms with Crippen LogP contribution in [0.25, 0.3) is 0 Å². The summed E-state index contributed by atoms with van der Waals surface area (Å²) >= 11 is 1.05. The number of carbonyl (C=O) groups excluding carboxylic acids is 4. The van der Waals surface area contributed by atoms with Crippen molar-refractivity contribution in [2.45, 2.75) is 103 Å². The van der Waals surface area contributed by atoms with Gasteiger partial charge in [0.05, 0.1) is 19.3 Å². The normalized spacial score (nSPS) is 28.3. The summed E-state index contributed by atoms with van der Waals surface area (Å²) in [6.45, 7) is 5.21. The molecule has 268 valence electrons. The van der Waals surface area contributed by atoms with Gasteiger partial charge in [-0.15, -0.1) is 0 Å². The quantitative estimate of drug-likeness (QED) is 0.196. The van der Waals surface area contributed by atoms with E-state index in [2.05, 4.69) is 0 Å². The van der Waals surface area contributed by atoms with Gasteiger partial charge in [0.1, 0.15) is 37.1 Å². The van der Waals surface area contributed by atoms with Crippen LogP contribution in [0.5, 0.6) is 0 Å². The van der Waals surface area contributed by atoms with E-state index in [4.69, 9.17) is 42.6 Å². The third-order valence-electron chi connectivity index (χ3n) is 7.71. The van der Waals surface area contributed by atoms with Crippen molar-refractivity contribution < 1.29 is 61.8 Å². The summed E-state index contributed by atoms with van der Waals surface area (Å²) in [6.07, 6.45) is -8.48. The number of hydrogen-bond donors (Lipinski definition) is 0. The Bertz CT molecular complexity index is 1360. The van der Waals surface area contributed by atoms with Gasteiger partial charge in [-0.25, -0.2) is 0 Å². The lowest BCUT2D eigenvalue weighted by Gasteiger charge is -2.48. The standard InChI is InChI=1S/C35H44O13S/c1-21(36)41-19-28-31(45-23(3)38)27(44-22(2)37)16-30(46-28)48-32-29(20-49-24(4)39)47-35(40-5)34(43-18-26-14-10-7-11-15-26)33(32)42-17-25-12-8-6-9-13-25/h6-15,27-35H,16-20H2,1-5H3/t27-,28-,29-,30-,31+,32-,33+,34-,35+/m1/s1. The van der Waals surface area contributed by atoms with Gasteiger partial charge in [-0.2, -0.15) is 0 Å². The number of thioether (sulfide) groups is 1. The lowest BCUT2D eigenvalue weighted by Crippen LogP contribution is -2.63. The highest BCUT2D eigenvalue weighted by Gasteiger charge is 2.52. The van der Waals surface area contributed by atoms with Crippen molar-refractivity contribution in [3.63, 3.8) is 0 Å². The number of esters is 3. The van der Waals surface area contributed by atoms with E-state index in [1.165, 1.54) is 34.8 Å². The minimum absolute atomic E-state index is 0.0498. The molecule has 0 unspecified atom stereocenters. The highest BCUT2D eigenvalue weighted by molar-refractivity contribution is 8.13. The van der Waals surface area contributed by atoms with Crippen molar-refractivity contribution in [3.8, 4) is 0 Å². The van der Waals surface area contributed by atoms with Crippen molar-refractivity contribution in [2.75, 3.05) is 19.5 Å². The summed E-state index contributed by atoms with van der Waals surface area (Å²) in [7, 11) is 1.50. The molecule has 4 rings (SSSR count). The SMILES string of the molecule is CO[C@H]1O[C@H](CSC(C)=O)[C@@H](O[C@@H]2C[C@@H](OC(C)=O)[C@H](OC(C)=O)[C@@H](COC(C)=O)O2)[C@H](OCc2ccccc2)[C@H]1OCc1ccccc1. The largest absolute Gasteiger partial charge is 0.463 e. The van der Waals surface area contributed by atoms with Gasteiger partial charge < -0.3 is 42.6 Å². The van der Waals surface area contributed by atoms with E-state index in [0.717, 1.165) is 22.9 Å². The molecule has 49 heavy (non-hydrogen) atoms. The zero-order chi connectivity index (χ0) is 35.3. The number of ether oxygens (including phenoxy) is 9. The highest BCUT2D eigenvalue weighted by Crippen LogP contribution is 2.35. The number of hydrogen-bond acceptors (Lipinski definition) is 14. The molecule has 2 aromatic rings. The van der Waals surface area contributed by atoms with Gasteiger partial charge in [-0.3, -0.25) is 19.2 Å². The van der Waals surface area contributed by atoms with E-state index in [1.807, 2.05) is 60.7 Å². The Hall–Kier alpha value is -3.37. The zero-order valence-corrected chi connectivity index (χ0v) is 29.0. The van der Waals surface area contributed by atoms with Crippen molar-refractivity contribution in [3.05, 3.63) is 71.8 Å². The van der Waals surface area contributed by atoms with Crippen LogP contribution in [0, 0.1) is 0 Å². The van der Waals surface area contributed by atoms with Crippen molar-refractivity contribution >= 4 is 34.8 Å². The molecule has 2 fully saturated rings. The molecule has 0 radical (unpaired) electrons. The molecule has 0 saturated carbocycles. The lowest BCUT2D eigenvalue weighted by molar-refractivity contribution is -0.346. The molecule has 0 amide bonds. The minimum atomic E-state index is -1.09. The third kappa shape index (κ3) is 11.9. The topological polar surface area (TPSA) is 151 Å². The van der Waals surface area contributed by atoms with Gasteiger partial charge in [-0.05, 0) is 11.1 Å². The molecule has 0 bridgehead atoms. The predicted molar refractivity (Wildman–Crippen MR) is 175 cm³/mol. The molecule has 0 aliphatic carbocycles. The van der Waals surface area contributed by atoms with Crippen LogP contribution in [0.1, 0.15) is 45.2 Å². The minimum Gasteiger partial charge on any atom is -0.463 e. The van der Waals surface area contributed by atoms with Crippen molar-refractivity contribution in [2.24, 2.45) is 0 Å². The molecule has 2 saturated heterocycles. The number of benzene rings is 2. The lowest BCUT2D eigenvalue weighted by atomic mass is 9.97. The van der Waals surface area contributed by atoms with Crippen LogP contribution in [-0.4, -0.2) is 97.8 Å². The van der Waals surface area contributed by atoms with Crippen LogP contribution in [0.4, 0.5) is 0 Å². The molecule has 13 nitrogen and oxygen atoms in total. The van der Waals surface area contributed by atoms with Crippen LogP contribution in [0.3, 0.4) is 0 Å². The zero-order valence-electron chi connectivity index (χ0n) is 28.2. The second-order valence-electron chi connectivity index (χ2n) is 11.6. The Balaban J connectivity index is 1.69. The first-order valence-corrected chi connectivity index (χ1v) is 16.9. The van der Waals surface area contributed by atoms with E-state index in [-0.39, 0.29) is 37.1 Å². The maximum atomic E-state index is 12.2. The van der Waals surface area contributed by atoms with E-state index in [0.29, 0.717) is 0 Å². The van der Waals surface area contributed by atoms with Crippen LogP contribution in [-0.2, 0) is 75.0 Å². The Kier molecular flexibility index (Phi) is 15.0.